The lowest BCUT2D eigenvalue weighted by molar-refractivity contribution is 0.0628. The Morgan fingerprint density at radius 1 is 1.02 bits per heavy atom. The number of fused-ring (bicyclic) bond motifs is 4. The van der Waals surface area contributed by atoms with Gasteiger partial charge in [0.25, 0.3) is 5.91 Å². The number of H-pyrrole nitrogens is 2. The summed E-state index contributed by atoms with van der Waals surface area (Å²) in [6, 6.07) is 18.3. The number of anilines is 1. The summed E-state index contributed by atoms with van der Waals surface area (Å²) in [6.07, 6.45) is 3.94. The van der Waals surface area contributed by atoms with E-state index in [9.17, 15) is 14.7 Å². The predicted molar refractivity (Wildman–Crippen MR) is 170 cm³/mol. The minimum absolute atomic E-state index is 0.0393. The third-order valence-electron chi connectivity index (χ3n) is 9.61. The molecule has 3 aliphatic heterocycles. The second kappa shape index (κ2) is 10.9. The van der Waals surface area contributed by atoms with Crippen molar-refractivity contribution < 1.29 is 14.6 Å². The van der Waals surface area contributed by atoms with Crippen molar-refractivity contribution in [2.24, 2.45) is 0 Å². The van der Waals surface area contributed by atoms with Crippen molar-refractivity contribution in [2.45, 2.75) is 43.8 Å². The number of phenols is 1. The number of amides is 1. The molecule has 3 fully saturated rings. The molecule has 12 heteroatoms. The number of hydrogen-bond acceptors (Lipinski definition) is 9. The summed E-state index contributed by atoms with van der Waals surface area (Å²) in [5.74, 6) is 0.760. The van der Waals surface area contributed by atoms with E-state index in [0.717, 1.165) is 70.8 Å². The number of piperazine rings is 1. The average Bonchev–Trinajstić information content (AvgIpc) is 3.74. The highest BCUT2D eigenvalue weighted by Crippen LogP contribution is 2.38. The number of nitrogens with one attached hydrogen (secondary N) is 2. The van der Waals surface area contributed by atoms with Crippen LogP contribution in [0.25, 0.3) is 32.8 Å². The summed E-state index contributed by atoms with van der Waals surface area (Å²) in [5, 5.41) is 19.6. The number of phenolic OH excluding ortho intramolecular Hbond substituents is 1. The van der Waals surface area contributed by atoms with Gasteiger partial charge < -0.3 is 24.5 Å². The number of aromatic amines is 2. The van der Waals surface area contributed by atoms with Crippen molar-refractivity contribution in [3.8, 4) is 22.9 Å². The molecule has 0 spiro atoms. The molecule has 12 nitrogen and oxygen atoms in total. The summed E-state index contributed by atoms with van der Waals surface area (Å²) < 4.78 is 6.28. The van der Waals surface area contributed by atoms with Gasteiger partial charge in [-0.2, -0.15) is 9.97 Å². The summed E-state index contributed by atoms with van der Waals surface area (Å²) in [6.45, 7) is 2.74. The normalized spacial score (nSPS) is 21.7. The molecule has 0 saturated carbocycles. The molecule has 3 aromatic carbocycles. The number of hydrogen-bond donors (Lipinski definition) is 3. The first-order valence-electron chi connectivity index (χ1n) is 15.5. The highest BCUT2D eigenvalue weighted by atomic mass is 16.5. The van der Waals surface area contributed by atoms with Crippen molar-refractivity contribution in [1.82, 2.24) is 34.9 Å². The van der Waals surface area contributed by atoms with Gasteiger partial charge in [0.15, 0.2) is 0 Å². The van der Waals surface area contributed by atoms with Crippen LogP contribution in [0.3, 0.4) is 0 Å². The van der Waals surface area contributed by atoms with Crippen LogP contribution in [0.4, 0.5) is 5.82 Å². The number of benzene rings is 3. The molecule has 5 aromatic rings. The van der Waals surface area contributed by atoms with Gasteiger partial charge in [-0.15, -0.1) is 5.10 Å². The maximum Gasteiger partial charge on any atom is 0.341 e. The molecule has 3 atom stereocenters. The zero-order valence-corrected chi connectivity index (χ0v) is 24.9. The summed E-state index contributed by atoms with van der Waals surface area (Å²) in [5.41, 5.74) is 2.11. The van der Waals surface area contributed by atoms with E-state index in [0.29, 0.717) is 31.7 Å². The quantitative estimate of drug-likeness (QED) is 0.264. The van der Waals surface area contributed by atoms with Crippen LogP contribution in [0, 0.1) is 0 Å². The number of rotatable bonds is 6. The fraction of sp³-hybridized carbons (Fsp3) is 0.364. The molecule has 3 N–H and O–H groups in total. The molecule has 8 rings (SSSR count). The maximum atomic E-state index is 13.3. The molecule has 2 bridgehead atoms. The van der Waals surface area contributed by atoms with E-state index >= 15 is 0 Å². The SMILES string of the molecule is CN1CCC[C@H]1COc1nc(N2C[C@H]3CC[C@@H](C2)N3C(=O)c2n[nH]c(=O)[nH]2)c2ccc(-c3cc(O)cc4ccccc34)cc2n1. The first-order valence-corrected chi connectivity index (χ1v) is 15.5. The molecule has 230 valence electrons. The Morgan fingerprint density at radius 3 is 2.60 bits per heavy atom. The third kappa shape index (κ3) is 4.95. The minimum atomic E-state index is -0.494. The lowest BCUT2D eigenvalue weighted by atomic mass is 9.97. The van der Waals surface area contributed by atoms with Gasteiger partial charge in [-0.25, -0.2) is 9.89 Å². The molecular weight excluding hydrogens is 572 g/mol. The maximum absolute atomic E-state index is 13.3. The van der Waals surface area contributed by atoms with E-state index < -0.39 is 5.69 Å². The van der Waals surface area contributed by atoms with Crippen LogP contribution in [-0.2, 0) is 0 Å². The highest BCUT2D eigenvalue weighted by molar-refractivity contribution is 6.01. The third-order valence-corrected chi connectivity index (χ3v) is 9.61. The Balaban J connectivity index is 1.17. The van der Waals surface area contributed by atoms with Gasteiger partial charge in [0.1, 0.15) is 18.2 Å². The summed E-state index contributed by atoms with van der Waals surface area (Å²) in [4.78, 5) is 43.7. The van der Waals surface area contributed by atoms with Crippen LogP contribution >= 0.6 is 0 Å². The van der Waals surface area contributed by atoms with E-state index in [1.54, 1.807) is 12.1 Å². The Bertz CT molecular complexity index is 1980. The van der Waals surface area contributed by atoms with E-state index in [1.165, 1.54) is 0 Å². The molecule has 0 unspecified atom stereocenters. The first-order chi connectivity index (χ1) is 21.9. The van der Waals surface area contributed by atoms with E-state index in [4.69, 9.17) is 14.7 Å². The molecule has 2 aromatic heterocycles. The van der Waals surface area contributed by atoms with Crippen LogP contribution in [-0.4, -0.2) is 97.4 Å². The number of likely N-dealkylation sites (N-methyl/N-ethyl adjacent to an activating group) is 1. The number of aromatic hydroxyl groups is 1. The second-order valence-electron chi connectivity index (χ2n) is 12.4. The molecular formula is C33H34N8O4. The monoisotopic (exact) mass is 606 g/mol. The van der Waals surface area contributed by atoms with Crippen LogP contribution in [0.2, 0.25) is 0 Å². The van der Waals surface area contributed by atoms with Crippen LogP contribution in [0.1, 0.15) is 36.3 Å². The van der Waals surface area contributed by atoms with Gasteiger partial charge in [-0.3, -0.25) is 9.78 Å². The van der Waals surface area contributed by atoms with E-state index in [1.807, 2.05) is 41.3 Å². The van der Waals surface area contributed by atoms with Gasteiger partial charge in [0.05, 0.1) is 17.6 Å². The molecule has 5 heterocycles. The van der Waals surface area contributed by atoms with Crippen molar-refractivity contribution >= 4 is 33.4 Å². The van der Waals surface area contributed by atoms with E-state index in [2.05, 4.69) is 38.1 Å². The Labute approximate surface area is 258 Å². The molecule has 3 aliphatic rings. The number of ether oxygens (including phenoxy) is 1. The van der Waals surface area contributed by atoms with Gasteiger partial charge in [-0.1, -0.05) is 30.3 Å². The van der Waals surface area contributed by atoms with Crippen LogP contribution < -0.4 is 15.3 Å². The second-order valence-corrected chi connectivity index (χ2v) is 12.4. The standard InChI is InChI=1S/C33H34N8O4/c1-39-12-4-6-23(39)18-45-33-34-28-14-20(27-15-24(42)13-19-5-2-3-7-25(19)27)8-11-26(28)30(36-33)40-16-21-9-10-22(17-40)41(21)31(43)29-35-32(44)38-37-29/h2-3,5,7-8,11,13-15,21-23,42H,4,6,9-10,12,16-18H2,1H3,(H2,35,37,38,44)/t21-,22+,23-/m0/s1. The first kappa shape index (κ1) is 27.6. The largest absolute Gasteiger partial charge is 0.508 e. The highest BCUT2D eigenvalue weighted by Gasteiger charge is 2.44. The predicted octanol–water partition coefficient (Wildman–Crippen LogP) is 3.53. The van der Waals surface area contributed by atoms with E-state index in [-0.39, 0.29) is 29.6 Å². The zero-order chi connectivity index (χ0) is 30.7. The van der Waals surface area contributed by atoms with Crippen molar-refractivity contribution in [3.63, 3.8) is 0 Å². The van der Waals surface area contributed by atoms with Crippen molar-refractivity contribution in [2.75, 3.05) is 38.2 Å². The minimum Gasteiger partial charge on any atom is -0.508 e. The number of aromatic nitrogens is 5. The zero-order valence-electron chi connectivity index (χ0n) is 24.9. The molecule has 45 heavy (non-hydrogen) atoms. The fourth-order valence-electron chi connectivity index (χ4n) is 7.36. The number of carbonyl (C=O) groups excluding carboxylic acids is 1. The summed E-state index contributed by atoms with van der Waals surface area (Å²) >= 11 is 0. The molecule has 0 aliphatic carbocycles. The topological polar surface area (TPSA) is 144 Å². The smallest absolute Gasteiger partial charge is 0.341 e. The number of likely N-dealkylation sites (tertiary alicyclic amines) is 1. The Kier molecular flexibility index (Phi) is 6.67. The van der Waals surface area contributed by atoms with Gasteiger partial charge >= 0.3 is 11.7 Å². The lowest BCUT2D eigenvalue weighted by Gasteiger charge is -2.41. The van der Waals surface area contributed by atoms with Crippen LogP contribution in [0.15, 0.2) is 59.4 Å². The molecule has 0 radical (unpaired) electrons. The van der Waals surface area contributed by atoms with Gasteiger partial charge in [-0.05, 0) is 85.4 Å². The van der Waals surface area contributed by atoms with Gasteiger partial charge in [0, 0.05) is 24.5 Å². The average molecular weight is 607 g/mol. The number of nitrogens with zero attached hydrogens (tertiary/aromatic N) is 6. The summed E-state index contributed by atoms with van der Waals surface area (Å²) in [7, 11) is 2.12. The molecule has 3 saturated heterocycles. The fourth-order valence-corrected chi connectivity index (χ4v) is 7.36. The Hall–Kier alpha value is -4.97. The van der Waals surface area contributed by atoms with Crippen molar-refractivity contribution in [1.29, 1.82) is 0 Å². The number of carbonyl (C=O) groups is 1. The lowest BCUT2D eigenvalue weighted by Crippen LogP contribution is -2.56. The van der Waals surface area contributed by atoms with Crippen molar-refractivity contribution in [3.05, 3.63) is 70.9 Å². The van der Waals surface area contributed by atoms with Crippen LogP contribution in [0.5, 0.6) is 11.8 Å². The van der Waals surface area contributed by atoms with Gasteiger partial charge in [0.2, 0.25) is 5.82 Å². The Morgan fingerprint density at radius 2 is 1.84 bits per heavy atom. The molecule has 1 amide bonds.